The largest absolute Gasteiger partial charge is 0.416 e. The average molecular weight is 289 g/mol. The lowest BCUT2D eigenvalue weighted by molar-refractivity contribution is -0.137. The van der Waals surface area contributed by atoms with Crippen LogP contribution < -0.4 is 5.43 Å². The number of benzene rings is 1. The van der Waals surface area contributed by atoms with Crippen LogP contribution in [-0.4, -0.2) is 5.71 Å². The molecular formula is C13H12ClF3N2. The second-order valence-electron chi connectivity index (χ2n) is 3.65. The van der Waals surface area contributed by atoms with Gasteiger partial charge >= 0.3 is 6.18 Å². The van der Waals surface area contributed by atoms with E-state index in [9.17, 15) is 13.2 Å². The fraction of sp³-hybridized carbons (Fsp3) is 0.154. The minimum atomic E-state index is -4.39. The van der Waals surface area contributed by atoms with Gasteiger partial charge in [0.25, 0.3) is 0 Å². The molecule has 0 aliphatic heterocycles. The number of nitrogens with zero attached hydrogens (tertiary/aromatic N) is 1. The van der Waals surface area contributed by atoms with Gasteiger partial charge in [0, 0.05) is 11.2 Å². The number of hydrogen-bond donors (Lipinski definition) is 1. The molecular weight excluding hydrogens is 277 g/mol. The van der Waals surface area contributed by atoms with Crippen LogP contribution in [0.5, 0.6) is 0 Å². The monoisotopic (exact) mass is 288 g/mol. The van der Waals surface area contributed by atoms with E-state index in [1.165, 1.54) is 12.3 Å². The molecule has 0 fully saturated rings. The van der Waals surface area contributed by atoms with E-state index in [2.05, 4.69) is 17.1 Å². The van der Waals surface area contributed by atoms with E-state index < -0.39 is 11.7 Å². The summed E-state index contributed by atoms with van der Waals surface area (Å²) in [5.74, 6) is 0. The first kappa shape index (κ1) is 15.3. The molecule has 102 valence electrons. The Morgan fingerprint density at radius 3 is 2.63 bits per heavy atom. The minimum Gasteiger partial charge on any atom is -0.286 e. The summed E-state index contributed by atoms with van der Waals surface area (Å²) in [5.41, 5.74) is 2.90. The third-order valence-electron chi connectivity index (χ3n) is 2.16. The van der Waals surface area contributed by atoms with Crippen LogP contribution >= 0.6 is 11.6 Å². The zero-order chi connectivity index (χ0) is 14.5. The topological polar surface area (TPSA) is 24.4 Å². The van der Waals surface area contributed by atoms with Gasteiger partial charge < -0.3 is 0 Å². The number of halogens is 4. The molecule has 0 aromatic heterocycles. The minimum absolute atomic E-state index is 0.0376. The molecule has 19 heavy (non-hydrogen) atoms. The van der Waals surface area contributed by atoms with Crippen molar-refractivity contribution in [3.8, 4) is 0 Å². The van der Waals surface area contributed by atoms with Gasteiger partial charge in [0.1, 0.15) is 0 Å². The summed E-state index contributed by atoms with van der Waals surface area (Å²) in [4.78, 5) is 0. The van der Waals surface area contributed by atoms with Crippen molar-refractivity contribution in [2.75, 3.05) is 0 Å². The molecule has 0 aliphatic rings. The van der Waals surface area contributed by atoms with Crippen LogP contribution in [0.1, 0.15) is 18.1 Å². The molecule has 0 aliphatic carbocycles. The van der Waals surface area contributed by atoms with E-state index in [1.54, 1.807) is 19.1 Å². The molecule has 1 rings (SSSR count). The van der Waals surface area contributed by atoms with Crippen molar-refractivity contribution in [3.05, 3.63) is 53.2 Å². The molecule has 0 saturated carbocycles. The fourth-order valence-corrected chi connectivity index (χ4v) is 1.48. The normalized spacial score (nSPS) is 12.8. The highest BCUT2D eigenvalue weighted by Crippen LogP contribution is 2.32. The molecule has 0 radical (unpaired) electrons. The fourth-order valence-electron chi connectivity index (χ4n) is 1.23. The van der Waals surface area contributed by atoms with Gasteiger partial charge in [-0.25, -0.2) is 0 Å². The molecule has 0 spiro atoms. The first-order valence-corrected chi connectivity index (χ1v) is 5.68. The zero-order valence-corrected chi connectivity index (χ0v) is 10.9. The third-order valence-corrected chi connectivity index (χ3v) is 2.49. The molecule has 1 aromatic carbocycles. The quantitative estimate of drug-likeness (QED) is 0.641. The maximum absolute atomic E-state index is 12.4. The van der Waals surface area contributed by atoms with Gasteiger partial charge in [0.05, 0.1) is 11.3 Å². The van der Waals surface area contributed by atoms with E-state index >= 15 is 0 Å². The van der Waals surface area contributed by atoms with Crippen molar-refractivity contribution < 1.29 is 13.2 Å². The van der Waals surface area contributed by atoms with E-state index in [0.717, 1.165) is 12.1 Å². The van der Waals surface area contributed by atoms with Crippen molar-refractivity contribution in [1.29, 1.82) is 0 Å². The van der Waals surface area contributed by atoms with Gasteiger partial charge in [-0.05, 0) is 30.7 Å². The van der Waals surface area contributed by atoms with Crippen LogP contribution in [-0.2, 0) is 6.18 Å². The predicted octanol–water partition coefficient (Wildman–Crippen LogP) is 4.48. The van der Waals surface area contributed by atoms with Crippen LogP contribution in [0.25, 0.3) is 6.08 Å². The second kappa shape index (κ2) is 6.43. The Hall–Kier alpha value is -1.75. The van der Waals surface area contributed by atoms with Crippen LogP contribution in [0.4, 0.5) is 13.2 Å². The lowest BCUT2D eigenvalue weighted by atomic mass is 10.1. The summed E-state index contributed by atoms with van der Waals surface area (Å²) < 4.78 is 37.3. The molecule has 1 N–H and O–H groups in total. The summed E-state index contributed by atoms with van der Waals surface area (Å²) in [6.07, 6.45) is 0.233. The molecule has 0 unspecified atom stereocenters. The van der Waals surface area contributed by atoms with E-state index in [0.29, 0.717) is 11.3 Å². The van der Waals surface area contributed by atoms with Gasteiger partial charge in [0.15, 0.2) is 0 Å². The average Bonchev–Trinajstić information content (AvgIpc) is 2.33. The van der Waals surface area contributed by atoms with Gasteiger partial charge in [-0.15, -0.1) is 0 Å². The van der Waals surface area contributed by atoms with E-state index in [-0.39, 0.29) is 5.02 Å². The summed E-state index contributed by atoms with van der Waals surface area (Å²) in [5, 5.41) is 3.92. The molecule has 0 bridgehead atoms. The lowest BCUT2D eigenvalue weighted by Gasteiger charge is -2.07. The zero-order valence-electron chi connectivity index (χ0n) is 10.1. The maximum atomic E-state index is 12.4. The van der Waals surface area contributed by atoms with Crippen molar-refractivity contribution in [3.63, 3.8) is 0 Å². The second-order valence-corrected chi connectivity index (χ2v) is 4.06. The number of hydrazone groups is 1. The van der Waals surface area contributed by atoms with E-state index in [1.807, 2.05) is 0 Å². The molecule has 6 heteroatoms. The summed E-state index contributed by atoms with van der Waals surface area (Å²) in [7, 11) is 0. The van der Waals surface area contributed by atoms with Crippen molar-refractivity contribution in [2.45, 2.75) is 13.1 Å². The first-order valence-electron chi connectivity index (χ1n) is 5.30. The molecule has 2 nitrogen and oxygen atoms in total. The molecule has 0 saturated heterocycles. The highest BCUT2D eigenvalue weighted by molar-refractivity contribution is 6.32. The number of alkyl halides is 3. The number of hydrogen-bond acceptors (Lipinski definition) is 2. The van der Waals surface area contributed by atoms with Crippen LogP contribution in [0.15, 0.2) is 42.2 Å². The Labute approximate surface area is 114 Å². The van der Waals surface area contributed by atoms with E-state index in [4.69, 9.17) is 11.6 Å². The standard InChI is InChI=1S/C13H12ClF3N2/c1-3-18-19-9(2)4-5-10-6-7-11(8-12(10)14)13(15,16)17/h3-8,18H,1H2,2H3/b5-4+,19-9+. The molecule has 0 heterocycles. The predicted molar refractivity (Wildman–Crippen MR) is 71.9 cm³/mol. The van der Waals surface area contributed by atoms with Crippen LogP contribution in [0, 0.1) is 0 Å². The molecule has 0 amide bonds. The maximum Gasteiger partial charge on any atom is 0.416 e. The number of rotatable bonds is 4. The summed E-state index contributed by atoms with van der Waals surface area (Å²) in [6.45, 7) is 5.15. The highest BCUT2D eigenvalue weighted by atomic mass is 35.5. The Kier molecular flexibility index (Phi) is 5.18. The summed E-state index contributed by atoms with van der Waals surface area (Å²) in [6, 6.07) is 3.20. The number of allylic oxidation sites excluding steroid dienone is 1. The van der Waals surface area contributed by atoms with Crippen LogP contribution in [0.3, 0.4) is 0 Å². The Morgan fingerprint density at radius 1 is 1.42 bits per heavy atom. The van der Waals surface area contributed by atoms with Crippen molar-refractivity contribution in [1.82, 2.24) is 5.43 Å². The Morgan fingerprint density at radius 2 is 2.11 bits per heavy atom. The Balaban J connectivity index is 2.92. The highest BCUT2D eigenvalue weighted by Gasteiger charge is 2.30. The lowest BCUT2D eigenvalue weighted by Crippen LogP contribution is -2.04. The third kappa shape index (κ3) is 4.79. The van der Waals surface area contributed by atoms with Crippen molar-refractivity contribution >= 4 is 23.4 Å². The Bertz CT molecular complexity index is 519. The van der Waals surface area contributed by atoms with Gasteiger partial charge in [-0.3, -0.25) is 5.43 Å². The van der Waals surface area contributed by atoms with Crippen molar-refractivity contribution in [2.24, 2.45) is 5.10 Å². The summed E-state index contributed by atoms with van der Waals surface area (Å²) >= 11 is 5.80. The molecule has 0 atom stereocenters. The van der Waals surface area contributed by atoms with Crippen LogP contribution in [0.2, 0.25) is 5.02 Å². The van der Waals surface area contributed by atoms with Gasteiger partial charge in [-0.2, -0.15) is 18.3 Å². The van der Waals surface area contributed by atoms with Gasteiger partial charge in [-0.1, -0.05) is 30.3 Å². The van der Waals surface area contributed by atoms with Gasteiger partial charge in [0.2, 0.25) is 0 Å². The SMILES string of the molecule is C=CN/N=C(C)/C=C/c1ccc(C(F)(F)F)cc1Cl. The smallest absolute Gasteiger partial charge is 0.286 e. The number of nitrogens with one attached hydrogen (secondary N) is 1. The molecule has 1 aromatic rings. The first-order chi connectivity index (χ1) is 8.84.